The van der Waals surface area contributed by atoms with Crippen molar-refractivity contribution in [1.82, 2.24) is 15.0 Å². The van der Waals surface area contributed by atoms with Crippen molar-refractivity contribution in [3.05, 3.63) is 39.5 Å². The van der Waals surface area contributed by atoms with Gasteiger partial charge in [-0.1, -0.05) is 18.5 Å². The van der Waals surface area contributed by atoms with Gasteiger partial charge in [-0.05, 0) is 32.8 Å². The molecule has 0 aliphatic rings. The van der Waals surface area contributed by atoms with Gasteiger partial charge >= 0.3 is 5.97 Å². The van der Waals surface area contributed by atoms with E-state index in [-0.39, 0.29) is 5.91 Å². The molecule has 7 nitrogen and oxygen atoms in total. The lowest BCUT2D eigenvalue weighted by atomic mass is 10.0. The Morgan fingerprint density at radius 2 is 1.92 bits per heavy atom. The van der Waals surface area contributed by atoms with Gasteiger partial charge in [0.2, 0.25) is 0 Å². The molecule has 2 heterocycles. The minimum absolute atomic E-state index is 0.179. The zero-order valence-corrected chi connectivity index (χ0v) is 15.6. The van der Waals surface area contributed by atoms with Gasteiger partial charge in [0.25, 0.3) is 5.91 Å². The number of rotatable bonds is 6. The fraction of sp³-hybridized carbons (Fsp3) is 0.500. The van der Waals surface area contributed by atoms with Gasteiger partial charge in [0.05, 0.1) is 24.9 Å². The minimum atomic E-state index is -0.426. The number of hydrogen-bond donors (Lipinski definition) is 1. The Labute approximate surface area is 147 Å². The summed E-state index contributed by atoms with van der Waals surface area (Å²) in [4.78, 5) is 29.7. The predicted molar refractivity (Wildman–Crippen MR) is 92.6 cm³/mol. The standard InChI is InChI=1S/C18H25N3O4/c1-7-8-13-15(18(23)24-6)11(3)19-16(13)17(22)21(5)9-14-10(2)20-25-12(14)4/h19H,7-9H2,1-6H3. The van der Waals surface area contributed by atoms with Crippen LogP contribution in [-0.2, 0) is 17.7 Å². The van der Waals surface area contributed by atoms with Crippen molar-refractivity contribution in [3.8, 4) is 0 Å². The molecule has 2 rings (SSSR count). The number of carbonyl (C=O) groups is 2. The Balaban J connectivity index is 2.36. The van der Waals surface area contributed by atoms with Crippen molar-refractivity contribution in [2.24, 2.45) is 0 Å². The summed E-state index contributed by atoms with van der Waals surface area (Å²) >= 11 is 0. The SMILES string of the molecule is CCCc1c(C(=O)N(C)Cc2c(C)noc2C)[nH]c(C)c1C(=O)OC. The number of ether oxygens (including phenoxy) is 1. The molecule has 2 aromatic heterocycles. The van der Waals surface area contributed by atoms with Crippen LogP contribution in [0.5, 0.6) is 0 Å². The molecule has 0 spiro atoms. The fourth-order valence-electron chi connectivity index (χ4n) is 2.97. The van der Waals surface area contributed by atoms with Crippen LogP contribution in [0.4, 0.5) is 0 Å². The maximum absolute atomic E-state index is 13.0. The summed E-state index contributed by atoms with van der Waals surface area (Å²) in [5.74, 6) is 0.0928. The van der Waals surface area contributed by atoms with Crippen LogP contribution in [-0.4, -0.2) is 41.1 Å². The number of nitrogens with zero attached hydrogens (tertiary/aromatic N) is 2. The number of aromatic amines is 1. The Morgan fingerprint density at radius 3 is 2.44 bits per heavy atom. The molecule has 0 unspecified atom stereocenters. The lowest BCUT2D eigenvalue weighted by Gasteiger charge is -2.17. The minimum Gasteiger partial charge on any atom is -0.465 e. The molecule has 1 N–H and O–H groups in total. The van der Waals surface area contributed by atoms with Crippen LogP contribution < -0.4 is 0 Å². The van der Waals surface area contributed by atoms with Gasteiger partial charge in [0.15, 0.2) is 0 Å². The fourth-order valence-corrected chi connectivity index (χ4v) is 2.97. The molecule has 1 amide bonds. The second-order valence-electron chi connectivity index (χ2n) is 6.18. The van der Waals surface area contributed by atoms with Crippen LogP contribution in [0.3, 0.4) is 0 Å². The maximum Gasteiger partial charge on any atom is 0.339 e. The van der Waals surface area contributed by atoms with E-state index in [1.165, 1.54) is 7.11 Å². The summed E-state index contributed by atoms with van der Waals surface area (Å²) < 4.78 is 10.0. The number of H-pyrrole nitrogens is 1. The molecule has 25 heavy (non-hydrogen) atoms. The monoisotopic (exact) mass is 347 g/mol. The summed E-state index contributed by atoms with van der Waals surface area (Å²) in [6, 6.07) is 0. The highest BCUT2D eigenvalue weighted by Crippen LogP contribution is 2.24. The Bertz CT molecular complexity index is 769. The maximum atomic E-state index is 13.0. The predicted octanol–water partition coefficient (Wildman–Crippen LogP) is 2.94. The quantitative estimate of drug-likeness (QED) is 0.812. The summed E-state index contributed by atoms with van der Waals surface area (Å²) in [5.41, 5.74) is 3.91. The topological polar surface area (TPSA) is 88.4 Å². The van der Waals surface area contributed by atoms with E-state index in [0.29, 0.717) is 41.2 Å². The number of nitrogens with one attached hydrogen (secondary N) is 1. The van der Waals surface area contributed by atoms with Crippen molar-refractivity contribution < 1.29 is 18.8 Å². The number of methoxy groups -OCH3 is 1. The summed E-state index contributed by atoms with van der Waals surface area (Å²) in [7, 11) is 3.06. The lowest BCUT2D eigenvalue weighted by molar-refractivity contribution is 0.0599. The van der Waals surface area contributed by atoms with Crippen LogP contribution in [0, 0.1) is 20.8 Å². The molecule has 0 aliphatic heterocycles. The van der Waals surface area contributed by atoms with E-state index in [9.17, 15) is 9.59 Å². The number of esters is 1. The van der Waals surface area contributed by atoms with Gasteiger partial charge in [-0.3, -0.25) is 4.79 Å². The summed E-state index contributed by atoms with van der Waals surface area (Å²) in [5, 5.41) is 3.92. The number of aryl methyl sites for hydroxylation is 3. The van der Waals surface area contributed by atoms with E-state index in [0.717, 1.165) is 17.7 Å². The molecule has 0 aromatic carbocycles. The third-order valence-corrected chi connectivity index (χ3v) is 4.32. The van der Waals surface area contributed by atoms with Gasteiger partial charge in [0, 0.05) is 18.3 Å². The van der Waals surface area contributed by atoms with Crippen molar-refractivity contribution in [3.63, 3.8) is 0 Å². The molecule has 0 radical (unpaired) electrons. The van der Waals surface area contributed by atoms with E-state index in [1.54, 1.807) is 18.9 Å². The Hall–Kier alpha value is -2.57. The van der Waals surface area contributed by atoms with E-state index < -0.39 is 5.97 Å². The zero-order chi connectivity index (χ0) is 18.7. The highest BCUT2D eigenvalue weighted by molar-refractivity contribution is 6.00. The molecule has 0 saturated heterocycles. The Morgan fingerprint density at radius 1 is 1.24 bits per heavy atom. The van der Waals surface area contributed by atoms with Crippen LogP contribution in [0.1, 0.15) is 62.5 Å². The number of amides is 1. The van der Waals surface area contributed by atoms with E-state index >= 15 is 0 Å². The van der Waals surface area contributed by atoms with Gasteiger partial charge in [0.1, 0.15) is 11.5 Å². The van der Waals surface area contributed by atoms with Crippen molar-refractivity contribution in [2.75, 3.05) is 14.2 Å². The van der Waals surface area contributed by atoms with Crippen molar-refractivity contribution in [1.29, 1.82) is 0 Å². The second-order valence-corrected chi connectivity index (χ2v) is 6.18. The number of aromatic nitrogens is 2. The number of carbonyl (C=O) groups excluding carboxylic acids is 2. The van der Waals surface area contributed by atoms with E-state index in [1.807, 2.05) is 20.8 Å². The Kier molecular flexibility index (Phi) is 5.66. The normalized spacial score (nSPS) is 10.8. The molecular formula is C18H25N3O4. The highest BCUT2D eigenvalue weighted by Gasteiger charge is 2.27. The summed E-state index contributed by atoms with van der Waals surface area (Å²) in [6.45, 7) is 7.84. The molecule has 0 bridgehead atoms. The van der Waals surface area contributed by atoms with Gasteiger partial charge in [-0.15, -0.1) is 0 Å². The lowest BCUT2D eigenvalue weighted by Crippen LogP contribution is -2.28. The number of hydrogen-bond acceptors (Lipinski definition) is 5. The second kappa shape index (κ2) is 7.55. The third kappa shape index (κ3) is 3.60. The van der Waals surface area contributed by atoms with E-state index in [4.69, 9.17) is 9.26 Å². The average Bonchev–Trinajstić information content (AvgIpc) is 3.07. The molecule has 0 atom stereocenters. The molecule has 7 heteroatoms. The smallest absolute Gasteiger partial charge is 0.339 e. The molecule has 2 aromatic rings. The molecule has 0 fully saturated rings. The van der Waals surface area contributed by atoms with Crippen molar-refractivity contribution in [2.45, 2.75) is 47.1 Å². The van der Waals surface area contributed by atoms with Crippen LogP contribution in [0.15, 0.2) is 4.52 Å². The van der Waals surface area contributed by atoms with E-state index in [2.05, 4.69) is 10.1 Å². The third-order valence-electron chi connectivity index (χ3n) is 4.32. The van der Waals surface area contributed by atoms with Crippen LogP contribution in [0.2, 0.25) is 0 Å². The van der Waals surface area contributed by atoms with Gasteiger partial charge in [-0.25, -0.2) is 4.79 Å². The van der Waals surface area contributed by atoms with Crippen LogP contribution in [0.25, 0.3) is 0 Å². The average molecular weight is 347 g/mol. The highest BCUT2D eigenvalue weighted by atomic mass is 16.5. The first-order chi connectivity index (χ1) is 11.8. The molecule has 0 saturated carbocycles. The van der Waals surface area contributed by atoms with Crippen molar-refractivity contribution >= 4 is 11.9 Å². The first-order valence-corrected chi connectivity index (χ1v) is 8.28. The molecule has 0 aliphatic carbocycles. The van der Waals surface area contributed by atoms with Crippen LogP contribution >= 0.6 is 0 Å². The van der Waals surface area contributed by atoms with Gasteiger partial charge in [-0.2, -0.15) is 0 Å². The molecular weight excluding hydrogens is 322 g/mol. The first kappa shape index (κ1) is 18.8. The zero-order valence-electron chi connectivity index (χ0n) is 15.6. The van der Waals surface area contributed by atoms with Gasteiger partial charge < -0.3 is 19.1 Å². The summed E-state index contributed by atoms with van der Waals surface area (Å²) in [6.07, 6.45) is 1.43. The largest absolute Gasteiger partial charge is 0.465 e. The molecule has 136 valence electrons. The first-order valence-electron chi connectivity index (χ1n) is 8.28.